The molecule has 128 valence electrons. The fraction of sp³-hybridized carbons (Fsp3) is 0.111. The van der Waals surface area contributed by atoms with Crippen LogP contribution in [0.5, 0.6) is 0 Å². The summed E-state index contributed by atoms with van der Waals surface area (Å²) in [6, 6.07) is 12.2. The van der Waals surface area contributed by atoms with Gasteiger partial charge in [0.15, 0.2) is 0 Å². The molecule has 1 unspecified atom stereocenters. The molecular weight excluding hydrogens is 347 g/mol. The van der Waals surface area contributed by atoms with Gasteiger partial charge in [-0.1, -0.05) is 29.8 Å². The summed E-state index contributed by atoms with van der Waals surface area (Å²) in [5.41, 5.74) is 5.29. The largest absolute Gasteiger partial charge is 0.440 e. The number of nitrogens with two attached hydrogens (primary N) is 1. The lowest BCUT2D eigenvalue weighted by Crippen LogP contribution is -2.26. The van der Waals surface area contributed by atoms with E-state index in [4.69, 9.17) is 22.1 Å². The Bertz CT molecular complexity index is 1030. The minimum absolute atomic E-state index is 0.280. The number of pyridine rings is 1. The topological polar surface area (TPSA) is 74.3 Å². The Morgan fingerprint density at radius 2 is 1.96 bits per heavy atom. The van der Waals surface area contributed by atoms with Crippen LogP contribution >= 0.6 is 11.6 Å². The predicted octanol–water partition coefficient (Wildman–Crippen LogP) is 3.94. The van der Waals surface area contributed by atoms with Gasteiger partial charge in [-0.3, -0.25) is 9.36 Å². The van der Waals surface area contributed by atoms with Gasteiger partial charge in [0.05, 0.1) is 21.8 Å². The van der Waals surface area contributed by atoms with Gasteiger partial charge in [0.25, 0.3) is 5.56 Å². The van der Waals surface area contributed by atoms with Crippen LogP contribution in [0.3, 0.4) is 0 Å². The Balaban J connectivity index is 2.38. The number of primary amides is 1. The average Bonchev–Trinajstić information content (AvgIpc) is 2.53. The number of carbonyl (C=O) groups is 1. The molecule has 0 spiro atoms. The summed E-state index contributed by atoms with van der Waals surface area (Å²) in [4.78, 5) is 24.2. The molecule has 0 bridgehead atoms. The van der Waals surface area contributed by atoms with E-state index in [0.717, 1.165) is 0 Å². The second-order valence-corrected chi connectivity index (χ2v) is 5.88. The Labute approximate surface area is 147 Å². The van der Waals surface area contributed by atoms with Crippen LogP contribution in [0.25, 0.3) is 16.5 Å². The maximum atomic E-state index is 13.7. The molecule has 3 aromatic rings. The fourth-order valence-corrected chi connectivity index (χ4v) is 3.02. The third-order valence-electron chi connectivity index (χ3n) is 3.80. The molecule has 7 heteroatoms. The number of carbonyl (C=O) groups excluding carboxylic acids is 1. The fourth-order valence-electron chi connectivity index (χ4n) is 2.75. The van der Waals surface area contributed by atoms with E-state index < -0.39 is 23.6 Å². The Kier molecular flexibility index (Phi) is 4.46. The van der Waals surface area contributed by atoms with Crippen molar-refractivity contribution in [3.63, 3.8) is 0 Å². The van der Waals surface area contributed by atoms with E-state index in [1.165, 1.54) is 22.8 Å². The Hall–Kier alpha value is -2.86. The zero-order valence-corrected chi connectivity index (χ0v) is 14.0. The van der Waals surface area contributed by atoms with Crippen LogP contribution in [-0.4, -0.2) is 10.7 Å². The molecular formula is C18H14ClFN2O3. The molecule has 2 N–H and O–H groups in total. The Morgan fingerprint density at radius 3 is 2.64 bits per heavy atom. The molecule has 0 aliphatic heterocycles. The number of hydrogen-bond acceptors (Lipinski definition) is 3. The van der Waals surface area contributed by atoms with E-state index in [0.29, 0.717) is 22.2 Å². The van der Waals surface area contributed by atoms with Crippen molar-refractivity contribution in [1.82, 2.24) is 4.57 Å². The van der Waals surface area contributed by atoms with Crippen LogP contribution in [-0.2, 0) is 4.74 Å². The summed E-state index contributed by atoms with van der Waals surface area (Å²) in [7, 11) is 0. The summed E-state index contributed by atoms with van der Waals surface area (Å²) in [6.07, 6.45) is -1.80. The Morgan fingerprint density at radius 1 is 1.24 bits per heavy atom. The first-order valence-electron chi connectivity index (χ1n) is 7.44. The van der Waals surface area contributed by atoms with Crippen LogP contribution in [0.15, 0.2) is 53.3 Å². The maximum Gasteiger partial charge on any atom is 0.405 e. The number of hydrogen-bond donors (Lipinski definition) is 1. The van der Waals surface area contributed by atoms with Crippen LogP contribution in [0.1, 0.15) is 18.7 Å². The van der Waals surface area contributed by atoms with E-state index in [1.807, 2.05) is 0 Å². The molecule has 0 saturated heterocycles. The van der Waals surface area contributed by atoms with Crippen LogP contribution < -0.4 is 11.3 Å². The lowest BCUT2D eigenvalue weighted by atomic mass is 10.1. The number of ether oxygens (including phenoxy) is 1. The molecule has 2 aromatic carbocycles. The zero-order chi connectivity index (χ0) is 18.1. The highest BCUT2D eigenvalue weighted by atomic mass is 35.5. The first-order valence-corrected chi connectivity index (χ1v) is 7.82. The molecule has 0 aliphatic rings. The summed E-state index contributed by atoms with van der Waals surface area (Å²) in [6.45, 7) is 1.58. The van der Waals surface area contributed by atoms with Crippen molar-refractivity contribution in [1.29, 1.82) is 0 Å². The molecule has 0 radical (unpaired) electrons. The van der Waals surface area contributed by atoms with Crippen molar-refractivity contribution in [2.45, 2.75) is 13.0 Å². The number of aromatic nitrogens is 1. The number of halogens is 2. The van der Waals surface area contributed by atoms with E-state index >= 15 is 0 Å². The highest BCUT2D eigenvalue weighted by Crippen LogP contribution is 2.26. The normalized spacial score (nSPS) is 12.1. The van der Waals surface area contributed by atoms with Crippen molar-refractivity contribution in [3.05, 3.63) is 75.4 Å². The number of nitrogens with zero attached hydrogens (tertiary/aromatic N) is 1. The summed E-state index contributed by atoms with van der Waals surface area (Å²) < 4.78 is 20.0. The minimum Gasteiger partial charge on any atom is -0.440 e. The first kappa shape index (κ1) is 17.0. The SMILES string of the molecule is CC(OC(N)=O)c1cc2cccc(Cl)c2c(=O)n1-c1cccc(F)c1. The van der Waals surface area contributed by atoms with Crippen molar-refractivity contribution in [2.24, 2.45) is 5.73 Å². The standard InChI is InChI=1S/C18H14ClFN2O3/c1-10(25-18(21)24)15-8-11-4-2-7-14(19)16(11)17(23)22(15)13-6-3-5-12(20)9-13/h2-10H,1H3,(H2,21,24). The lowest BCUT2D eigenvalue weighted by molar-refractivity contribution is 0.113. The third-order valence-corrected chi connectivity index (χ3v) is 4.12. The molecule has 1 amide bonds. The van der Waals surface area contributed by atoms with E-state index in [1.54, 1.807) is 37.3 Å². The molecule has 3 rings (SSSR count). The van der Waals surface area contributed by atoms with Gasteiger partial charge in [-0.05, 0) is 42.6 Å². The molecule has 0 aliphatic carbocycles. The van der Waals surface area contributed by atoms with Crippen molar-refractivity contribution >= 4 is 28.5 Å². The number of benzene rings is 2. The molecule has 1 aromatic heterocycles. The van der Waals surface area contributed by atoms with E-state index in [9.17, 15) is 14.0 Å². The van der Waals surface area contributed by atoms with Gasteiger partial charge in [-0.2, -0.15) is 0 Å². The van der Waals surface area contributed by atoms with Crippen molar-refractivity contribution < 1.29 is 13.9 Å². The molecule has 25 heavy (non-hydrogen) atoms. The molecule has 1 atom stereocenters. The van der Waals surface area contributed by atoms with E-state index in [-0.39, 0.29) is 5.02 Å². The van der Waals surface area contributed by atoms with Gasteiger partial charge in [0.2, 0.25) is 0 Å². The summed E-state index contributed by atoms with van der Waals surface area (Å²) in [5.74, 6) is -0.502. The highest BCUT2D eigenvalue weighted by Gasteiger charge is 2.19. The number of rotatable bonds is 3. The predicted molar refractivity (Wildman–Crippen MR) is 93.6 cm³/mol. The van der Waals surface area contributed by atoms with Gasteiger partial charge in [0.1, 0.15) is 11.9 Å². The van der Waals surface area contributed by atoms with Gasteiger partial charge < -0.3 is 10.5 Å². The second-order valence-electron chi connectivity index (χ2n) is 5.47. The van der Waals surface area contributed by atoms with Gasteiger partial charge in [-0.25, -0.2) is 9.18 Å². The smallest absolute Gasteiger partial charge is 0.405 e. The average molecular weight is 361 g/mol. The van der Waals surface area contributed by atoms with Gasteiger partial charge in [-0.15, -0.1) is 0 Å². The highest BCUT2D eigenvalue weighted by molar-refractivity contribution is 6.35. The third kappa shape index (κ3) is 3.21. The molecule has 1 heterocycles. The van der Waals surface area contributed by atoms with E-state index in [2.05, 4.69) is 0 Å². The molecule has 0 fully saturated rings. The second kappa shape index (κ2) is 6.57. The van der Waals surface area contributed by atoms with Crippen LogP contribution in [0.4, 0.5) is 9.18 Å². The lowest BCUT2D eigenvalue weighted by Gasteiger charge is -2.19. The van der Waals surface area contributed by atoms with Crippen LogP contribution in [0, 0.1) is 5.82 Å². The number of fused-ring (bicyclic) bond motifs is 1. The quantitative estimate of drug-likeness (QED) is 0.768. The van der Waals surface area contributed by atoms with Crippen LogP contribution in [0.2, 0.25) is 5.02 Å². The maximum absolute atomic E-state index is 13.7. The summed E-state index contributed by atoms with van der Waals surface area (Å²) >= 11 is 6.18. The monoisotopic (exact) mass is 360 g/mol. The number of amides is 1. The van der Waals surface area contributed by atoms with Gasteiger partial charge >= 0.3 is 6.09 Å². The zero-order valence-electron chi connectivity index (χ0n) is 13.2. The molecule has 0 saturated carbocycles. The minimum atomic E-state index is -0.975. The van der Waals surface area contributed by atoms with Crippen molar-refractivity contribution in [2.75, 3.05) is 0 Å². The van der Waals surface area contributed by atoms with Crippen molar-refractivity contribution in [3.8, 4) is 5.69 Å². The first-order chi connectivity index (χ1) is 11.9. The summed E-state index contributed by atoms with van der Waals surface area (Å²) in [5, 5.41) is 1.16. The van der Waals surface area contributed by atoms with Gasteiger partial charge in [0, 0.05) is 0 Å². The molecule has 5 nitrogen and oxygen atoms in total.